The van der Waals surface area contributed by atoms with Crippen molar-refractivity contribution in [3.8, 4) is 0 Å². The lowest BCUT2D eigenvalue weighted by atomic mass is 10.0. The molecule has 0 aromatic carbocycles. The zero-order valence-corrected chi connectivity index (χ0v) is 14.7. The molecule has 7 heteroatoms. The summed E-state index contributed by atoms with van der Waals surface area (Å²) >= 11 is 0. The van der Waals surface area contributed by atoms with Crippen LogP contribution in [0.15, 0.2) is 30.7 Å². The fourth-order valence-electron chi connectivity index (χ4n) is 3.54. The summed E-state index contributed by atoms with van der Waals surface area (Å²) < 4.78 is 0. The van der Waals surface area contributed by atoms with Crippen molar-refractivity contribution < 1.29 is 9.90 Å². The Bertz CT molecular complexity index is 610. The minimum atomic E-state index is -0.943. The van der Waals surface area contributed by atoms with Gasteiger partial charge in [0.15, 0.2) is 0 Å². The van der Waals surface area contributed by atoms with Crippen LogP contribution in [0.25, 0.3) is 0 Å². The molecule has 0 amide bonds. The molecule has 2 aliphatic heterocycles. The maximum absolute atomic E-state index is 10.9. The smallest absolute Gasteiger partial charge is 0.337 e. The van der Waals surface area contributed by atoms with E-state index in [1.54, 1.807) is 12.1 Å². The van der Waals surface area contributed by atoms with Gasteiger partial charge in [-0.2, -0.15) is 0 Å². The number of aromatic carboxylic acids is 1. The number of likely N-dealkylation sites (N-methyl/N-ethyl adjacent to an activating group) is 1. The highest BCUT2D eigenvalue weighted by atomic mass is 16.4. The molecule has 1 aromatic rings. The van der Waals surface area contributed by atoms with Gasteiger partial charge in [-0.05, 0) is 45.0 Å². The molecule has 0 spiro atoms. The van der Waals surface area contributed by atoms with Crippen molar-refractivity contribution in [1.29, 1.82) is 0 Å². The van der Waals surface area contributed by atoms with Crippen molar-refractivity contribution in [3.05, 3.63) is 36.3 Å². The van der Waals surface area contributed by atoms with E-state index in [-0.39, 0.29) is 5.56 Å². The number of hydrogen-bond donors (Lipinski definition) is 3. The summed E-state index contributed by atoms with van der Waals surface area (Å²) in [6.07, 6.45) is 4.60. The Morgan fingerprint density at radius 2 is 1.88 bits per heavy atom. The van der Waals surface area contributed by atoms with Gasteiger partial charge < -0.3 is 25.5 Å². The summed E-state index contributed by atoms with van der Waals surface area (Å²) in [5, 5.41) is 15.9. The zero-order valence-electron chi connectivity index (χ0n) is 14.7. The molecule has 0 aliphatic carbocycles. The van der Waals surface area contributed by atoms with E-state index in [1.165, 1.54) is 6.20 Å². The predicted molar refractivity (Wildman–Crippen MR) is 97.7 cm³/mol. The largest absolute Gasteiger partial charge is 0.478 e. The second kappa shape index (κ2) is 7.74. The Morgan fingerprint density at radius 1 is 1.20 bits per heavy atom. The van der Waals surface area contributed by atoms with Crippen molar-refractivity contribution in [1.82, 2.24) is 20.5 Å². The summed E-state index contributed by atoms with van der Waals surface area (Å²) in [4.78, 5) is 19.7. The topological polar surface area (TPSA) is 80.7 Å². The van der Waals surface area contributed by atoms with Crippen molar-refractivity contribution in [2.75, 3.05) is 38.1 Å². The minimum absolute atomic E-state index is 0.222. The van der Waals surface area contributed by atoms with Gasteiger partial charge in [-0.3, -0.25) is 0 Å². The number of carboxylic acids is 1. The highest BCUT2D eigenvalue weighted by molar-refractivity contribution is 5.87. The van der Waals surface area contributed by atoms with E-state index < -0.39 is 5.97 Å². The predicted octanol–water partition coefficient (Wildman–Crippen LogP) is 1.10. The molecule has 0 bridgehead atoms. The zero-order chi connectivity index (χ0) is 17.8. The molecule has 2 aliphatic rings. The van der Waals surface area contributed by atoms with Crippen LogP contribution >= 0.6 is 0 Å². The molecule has 3 rings (SSSR count). The van der Waals surface area contributed by atoms with Gasteiger partial charge in [-0.1, -0.05) is 6.58 Å². The van der Waals surface area contributed by atoms with E-state index in [0.29, 0.717) is 12.1 Å². The summed E-state index contributed by atoms with van der Waals surface area (Å²) in [6, 6.07) is 4.30. The van der Waals surface area contributed by atoms with E-state index in [9.17, 15) is 4.79 Å². The molecule has 136 valence electrons. The van der Waals surface area contributed by atoms with Crippen molar-refractivity contribution in [2.24, 2.45) is 0 Å². The Kier molecular flexibility index (Phi) is 5.43. The standard InChI is InChI=1S/C18H27N5O2/c1-13(21-16-5-8-22(2)12-16)20-15-6-9-23(10-7-15)17-4-3-14(11-19-17)18(24)25/h3-4,11,15-16,20-21H,1,5-10,12H2,2H3,(H,24,25). The van der Waals surface area contributed by atoms with Crippen molar-refractivity contribution in [3.63, 3.8) is 0 Å². The molecule has 0 saturated carbocycles. The Hall–Kier alpha value is -2.28. The van der Waals surface area contributed by atoms with E-state index in [0.717, 1.165) is 57.1 Å². The number of rotatable bonds is 6. The Balaban J connectivity index is 1.43. The van der Waals surface area contributed by atoms with Gasteiger partial charge >= 0.3 is 5.97 Å². The van der Waals surface area contributed by atoms with Gasteiger partial charge in [0.05, 0.1) is 11.4 Å². The first kappa shape index (κ1) is 17.5. The third-order valence-electron chi connectivity index (χ3n) is 4.96. The lowest BCUT2D eigenvalue weighted by Crippen LogP contribution is -2.45. The number of carboxylic acid groups (broad SMARTS) is 1. The number of piperidine rings is 1. The molecular weight excluding hydrogens is 318 g/mol. The van der Waals surface area contributed by atoms with Crippen LogP contribution in [0.3, 0.4) is 0 Å². The Morgan fingerprint density at radius 3 is 2.44 bits per heavy atom. The molecule has 1 aromatic heterocycles. The second-order valence-corrected chi connectivity index (χ2v) is 6.99. The first-order valence-electron chi connectivity index (χ1n) is 8.86. The van der Waals surface area contributed by atoms with Crippen molar-refractivity contribution >= 4 is 11.8 Å². The monoisotopic (exact) mass is 345 g/mol. The van der Waals surface area contributed by atoms with Crippen LogP contribution in [0.4, 0.5) is 5.82 Å². The highest BCUT2D eigenvalue weighted by Crippen LogP contribution is 2.18. The number of anilines is 1. The van der Waals surface area contributed by atoms with Gasteiger partial charge in [-0.15, -0.1) is 0 Å². The summed E-state index contributed by atoms with van der Waals surface area (Å²) in [6.45, 7) is 8.12. The van der Waals surface area contributed by atoms with Crippen molar-refractivity contribution in [2.45, 2.75) is 31.3 Å². The lowest BCUT2D eigenvalue weighted by molar-refractivity contribution is 0.0696. The molecule has 1 unspecified atom stereocenters. The fraction of sp³-hybridized carbons (Fsp3) is 0.556. The lowest BCUT2D eigenvalue weighted by Gasteiger charge is -2.34. The number of pyridine rings is 1. The number of carbonyl (C=O) groups is 1. The molecule has 7 nitrogen and oxygen atoms in total. The van der Waals surface area contributed by atoms with E-state index >= 15 is 0 Å². The quantitative estimate of drug-likeness (QED) is 0.712. The average Bonchev–Trinajstić information content (AvgIpc) is 3.00. The number of aromatic nitrogens is 1. The SMILES string of the molecule is C=C(NC1CCN(c2ccc(C(=O)O)cn2)CC1)NC1CCN(C)C1. The van der Waals surface area contributed by atoms with Crippen LogP contribution in [-0.4, -0.2) is 66.3 Å². The molecule has 1 atom stereocenters. The van der Waals surface area contributed by atoms with Crippen LogP contribution in [0, 0.1) is 0 Å². The molecule has 2 fully saturated rings. The molecule has 3 N–H and O–H groups in total. The highest BCUT2D eigenvalue weighted by Gasteiger charge is 2.23. The van der Waals surface area contributed by atoms with Gasteiger partial charge in [0, 0.05) is 37.9 Å². The number of nitrogens with one attached hydrogen (secondary N) is 2. The van der Waals surface area contributed by atoms with Gasteiger partial charge in [0.1, 0.15) is 5.82 Å². The van der Waals surface area contributed by atoms with Crippen LogP contribution in [-0.2, 0) is 0 Å². The summed E-state index contributed by atoms with van der Waals surface area (Å²) in [7, 11) is 2.14. The first-order chi connectivity index (χ1) is 12.0. The molecular formula is C18H27N5O2. The summed E-state index contributed by atoms with van der Waals surface area (Å²) in [5.41, 5.74) is 0.222. The van der Waals surface area contributed by atoms with E-state index in [1.807, 2.05) is 0 Å². The van der Waals surface area contributed by atoms with Crippen LogP contribution < -0.4 is 15.5 Å². The van der Waals surface area contributed by atoms with Crippen LogP contribution in [0.1, 0.15) is 29.6 Å². The average molecular weight is 345 g/mol. The maximum Gasteiger partial charge on any atom is 0.337 e. The van der Waals surface area contributed by atoms with Gasteiger partial charge in [0.25, 0.3) is 0 Å². The molecule has 0 radical (unpaired) electrons. The van der Waals surface area contributed by atoms with Crippen LogP contribution in [0.2, 0.25) is 0 Å². The molecule has 3 heterocycles. The minimum Gasteiger partial charge on any atom is -0.478 e. The fourth-order valence-corrected chi connectivity index (χ4v) is 3.54. The number of hydrogen-bond acceptors (Lipinski definition) is 6. The maximum atomic E-state index is 10.9. The number of likely N-dealkylation sites (tertiary alicyclic amines) is 1. The van der Waals surface area contributed by atoms with E-state index in [4.69, 9.17) is 5.11 Å². The van der Waals surface area contributed by atoms with Crippen LogP contribution in [0.5, 0.6) is 0 Å². The molecule has 25 heavy (non-hydrogen) atoms. The molecule has 2 saturated heterocycles. The van der Waals surface area contributed by atoms with E-state index in [2.05, 4.69) is 39.0 Å². The second-order valence-electron chi connectivity index (χ2n) is 6.99. The third-order valence-corrected chi connectivity index (χ3v) is 4.96. The Labute approximate surface area is 148 Å². The van der Waals surface area contributed by atoms with Gasteiger partial charge in [-0.25, -0.2) is 9.78 Å². The summed E-state index contributed by atoms with van der Waals surface area (Å²) in [5.74, 6) is 0.818. The first-order valence-corrected chi connectivity index (χ1v) is 8.86. The number of nitrogens with zero attached hydrogens (tertiary/aromatic N) is 3. The van der Waals surface area contributed by atoms with Gasteiger partial charge in [0.2, 0.25) is 0 Å². The normalized spacial score (nSPS) is 22.0. The third kappa shape index (κ3) is 4.63.